The van der Waals surface area contributed by atoms with E-state index in [4.69, 9.17) is 4.74 Å². The zero-order chi connectivity index (χ0) is 22.2. The Hall–Kier alpha value is -2.87. The zero-order valence-electron chi connectivity index (χ0n) is 18.0. The summed E-state index contributed by atoms with van der Waals surface area (Å²) >= 11 is 0. The van der Waals surface area contributed by atoms with Gasteiger partial charge in [0.05, 0.1) is 23.2 Å². The van der Waals surface area contributed by atoms with Crippen LogP contribution in [0.2, 0.25) is 0 Å². The van der Waals surface area contributed by atoms with E-state index in [0.29, 0.717) is 18.7 Å². The number of sulfone groups is 1. The fourth-order valence-corrected chi connectivity index (χ4v) is 5.78. The number of rotatable bonds is 6. The van der Waals surface area contributed by atoms with Gasteiger partial charge in [-0.3, -0.25) is 9.48 Å². The molecule has 31 heavy (non-hydrogen) atoms. The lowest BCUT2D eigenvalue weighted by Gasteiger charge is -2.18. The van der Waals surface area contributed by atoms with Crippen molar-refractivity contribution < 1.29 is 17.9 Å². The molecule has 0 aliphatic carbocycles. The Kier molecular flexibility index (Phi) is 5.75. The van der Waals surface area contributed by atoms with Crippen molar-refractivity contribution in [2.45, 2.75) is 32.9 Å². The van der Waals surface area contributed by atoms with E-state index >= 15 is 0 Å². The van der Waals surface area contributed by atoms with Crippen molar-refractivity contribution in [1.82, 2.24) is 14.7 Å². The standard InChI is InChI=1S/C23H27N3O4S/c1-16-22(17(2)26(24-16)20-10-11-31(28,29)15-20)13-25(3)23(27)14-30-21-9-8-18-6-4-5-7-19(18)12-21/h4-9,12,20H,10-11,13-15H2,1-3H3/t20-/m1/s1. The Morgan fingerprint density at radius 2 is 1.94 bits per heavy atom. The largest absolute Gasteiger partial charge is 0.484 e. The molecule has 0 bridgehead atoms. The second-order valence-corrected chi connectivity index (χ2v) is 10.4. The van der Waals surface area contributed by atoms with Gasteiger partial charge < -0.3 is 9.64 Å². The van der Waals surface area contributed by atoms with Gasteiger partial charge in [-0.05, 0) is 43.2 Å². The molecular formula is C23H27N3O4S. The summed E-state index contributed by atoms with van der Waals surface area (Å²) in [5.74, 6) is 0.852. The summed E-state index contributed by atoms with van der Waals surface area (Å²) in [6.45, 7) is 4.18. The highest BCUT2D eigenvalue weighted by molar-refractivity contribution is 7.91. The molecular weight excluding hydrogens is 414 g/mol. The minimum absolute atomic E-state index is 0.0536. The smallest absolute Gasteiger partial charge is 0.260 e. The average molecular weight is 442 g/mol. The van der Waals surface area contributed by atoms with Gasteiger partial charge in [-0.1, -0.05) is 30.3 Å². The number of nitrogens with zero attached hydrogens (tertiary/aromatic N) is 3. The number of aromatic nitrogens is 2. The van der Waals surface area contributed by atoms with Gasteiger partial charge in [0.15, 0.2) is 16.4 Å². The first-order valence-corrected chi connectivity index (χ1v) is 12.2. The SMILES string of the molecule is Cc1nn([C@@H]2CCS(=O)(=O)C2)c(C)c1CN(C)C(=O)COc1ccc2ccccc2c1. The number of aryl methyl sites for hydroxylation is 1. The van der Waals surface area contributed by atoms with Crippen LogP contribution in [0, 0.1) is 13.8 Å². The van der Waals surface area contributed by atoms with Crippen molar-refractivity contribution in [2.75, 3.05) is 25.2 Å². The number of ether oxygens (including phenoxy) is 1. The monoisotopic (exact) mass is 441 g/mol. The normalized spacial score (nSPS) is 17.7. The fourth-order valence-electron chi connectivity index (χ4n) is 4.09. The summed E-state index contributed by atoms with van der Waals surface area (Å²) in [5, 5.41) is 6.76. The van der Waals surface area contributed by atoms with Crippen LogP contribution in [0.15, 0.2) is 42.5 Å². The number of hydrogen-bond acceptors (Lipinski definition) is 5. The number of fused-ring (bicyclic) bond motifs is 1. The molecule has 7 nitrogen and oxygen atoms in total. The van der Waals surface area contributed by atoms with Crippen LogP contribution in [0.3, 0.4) is 0 Å². The van der Waals surface area contributed by atoms with E-state index in [9.17, 15) is 13.2 Å². The molecule has 0 spiro atoms. The molecule has 0 unspecified atom stereocenters. The highest BCUT2D eigenvalue weighted by Gasteiger charge is 2.31. The molecule has 3 aromatic rings. The molecule has 1 aliphatic heterocycles. The van der Waals surface area contributed by atoms with Gasteiger partial charge in [-0.2, -0.15) is 5.10 Å². The maximum atomic E-state index is 12.6. The summed E-state index contributed by atoms with van der Waals surface area (Å²) in [4.78, 5) is 14.3. The van der Waals surface area contributed by atoms with Crippen LogP contribution in [0.4, 0.5) is 0 Å². The van der Waals surface area contributed by atoms with E-state index in [0.717, 1.165) is 27.7 Å². The van der Waals surface area contributed by atoms with E-state index < -0.39 is 9.84 Å². The topological polar surface area (TPSA) is 81.5 Å². The van der Waals surface area contributed by atoms with Gasteiger partial charge in [0.25, 0.3) is 5.91 Å². The Labute approximate surface area is 182 Å². The fraction of sp³-hybridized carbons (Fsp3) is 0.391. The van der Waals surface area contributed by atoms with Crippen LogP contribution in [-0.4, -0.2) is 54.2 Å². The van der Waals surface area contributed by atoms with E-state index in [1.807, 2.05) is 61.0 Å². The Balaban J connectivity index is 1.40. The number of amides is 1. The van der Waals surface area contributed by atoms with Crippen LogP contribution in [0.1, 0.15) is 29.4 Å². The zero-order valence-corrected chi connectivity index (χ0v) is 18.9. The predicted octanol–water partition coefficient (Wildman–Crippen LogP) is 3.05. The summed E-state index contributed by atoms with van der Waals surface area (Å²) < 4.78 is 31.2. The molecule has 1 fully saturated rings. The van der Waals surface area contributed by atoms with E-state index in [-0.39, 0.29) is 30.1 Å². The molecule has 164 valence electrons. The number of benzene rings is 2. The predicted molar refractivity (Wildman–Crippen MR) is 120 cm³/mol. The van der Waals surface area contributed by atoms with Crippen LogP contribution in [0.5, 0.6) is 5.75 Å². The average Bonchev–Trinajstić information content (AvgIpc) is 3.25. The molecule has 0 radical (unpaired) electrons. The van der Waals surface area contributed by atoms with Gasteiger partial charge in [0.1, 0.15) is 5.75 Å². The van der Waals surface area contributed by atoms with Gasteiger partial charge in [0, 0.05) is 24.8 Å². The maximum Gasteiger partial charge on any atom is 0.260 e. The second kappa shape index (κ2) is 8.34. The summed E-state index contributed by atoms with van der Waals surface area (Å²) in [6, 6.07) is 13.6. The lowest BCUT2D eigenvalue weighted by Crippen LogP contribution is -2.31. The van der Waals surface area contributed by atoms with Gasteiger partial charge >= 0.3 is 0 Å². The maximum absolute atomic E-state index is 12.6. The lowest BCUT2D eigenvalue weighted by atomic mass is 10.1. The Bertz CT molecular complexity index is 1230. The van der Waals surface area contributed by atoms with Crippen molar-refractivity contribution in [3.8, 4) is 5.75 Å². The second-order valence-electron chi connectivity index (χ2n) is 8.20. The first kappa shape index (κ1) is 21.4. The van der Waals surface area contributed by atoms with Crippen molar-refractivity contribution in [1.29, 1.82) is 0 Å². The molecule has 2 aromatic carbocycles. The third-order valence-electron chi connectivity index (χ3n) is 5.93. The Morgan fingerprint density at radius 1 is 1.19 bits per heavy atom. The van der Waals surface area contributed by atoms with Crippen molar-refractivity contribution in [3.05, 3.63) is 59.4 Å². The number of carbonyl (C=O) groups is 1. The van der Waals surface area contributed by atoms with Crippen molar-refractivity contribution in [3.63, 3.8) is 0 Å². The number of likely N-dealkylation sites (N-methyl/N-ethyl adjacent to an activating group) is 1. The minimum atomic E-state index is -2.99. The highest BCUT2D eigenvalue weighted by Crippen LogP contribution is 2.27. The van der Waals surface area contributed by atoms with Gasteiger partial charge in [0.2, 0.25) is 0 Å². The molecule has 1 aromatic heterocycles. The summed E-state index contributed by atoms with van der Waals surface area (Å²) in [6.07, 6.45) is 0.581. The molecule has 2 heterocycles. The van der Waals surface area contributed by atoms with Crippen LogP contribution >= 0.6 is 0 Å². The lowest BCUT2D eigenvalue weighted by molar-refractivity contribution is -0.132. The molecule has 0 N–H and O–H groups in total. The van der Waals surface area contributed by atoms with E-state index in [1.54, 1.807) is 11.9 Å². The molecule has 1 amide bonds. The van der Waals surface area contributed by atoms with Crippen LogP contribution < -0.4 is 4.74 Å². The number of hydrogen-bond donors (Lipinski definition) is 0. The molecule has 1 aliphatic rings. The molecule has 0 saturated carbocycles. The first-order valence-electron chi connectivity index (χ1n) is 10.3. The minimum Gasteiger partial charge on any atom is -0.484 e. The van der Waals surface area contributed by atoms with Crippen LogP contribution in [-0.2, 0) is 21.2 Å². The summed E-state index contributed by atoms with van der Waals surface area (Å²) in [7, 11) is -1.25. The quantitative estimate of drug-likeness (QED) is 0.587. The first-order chi connectivity index (χ1) is 14.7. The Morgan fingerprint density at radius 3 is 2.65 bits per heavy atom. The van der Waals surface area contributed by atoms with Crippen molar-refractivity contribution in [2.24, 2.45) is 0 Å². The summed E-state index contributed by atoms with van der Waals surface area (Å²) in [5.41, 5.74) is 2.68. The van der Waals surface area contributed by atoms with Gasteiger partial charge in [-0.25, -0.2) is 8.42 Å². The van der Waals surface area contributed by atoms with E-state index in [1.165, 1.54) is 0 Å². The van der Waals surface area contributed by atoms with E-state index in [2.05, 4.69) is 5.10 Å². The van der Waals surface area contributed by atoms with Crippen molar-refractivity contribution >= 4 is 26.5 Å². The number of carbonyl (C=O) groups excluding carboxylic acids is 1. The molecule has 1 atom stereocenters. The molecule has 4 rings (SSSR count). The molecule has 8 heteroatoms. The van der Waals surface area contributed by atoms with Crippen LogP contribution in [0.25, 0.3) is 10.8 Å². The third kappa shape index (κ3) is 4.58. The molecule has 1 saturated heterocycles. The van der Waals surface area contributed by atoms with Gasteiger partial charge in [-0.15, -0.1) is 0 Å². The third-order valence-corrected chi connectivity index (χ3v) is 7.68. The highest BCUT2D eigenvalue weighted by atomic mass is 32.2.